The van der Waals surface area contributed by atoms with Gasteiger partial charge in [-0.25, -0.2) is 4.79 Å². The molecule has 1 saturated carbocycles. The van der Waals surface area contributed by atoms with Gasteiger partial charge in [-0.3, -0.25) is 0 Å². The van der Waals surface area contributed by atoms with Crippen molar-refractivity contribution in [2.45, 2.75) is 44.4 Å². The maximum Gasteiger partial charge on any atom is 0.418 e. The molecule has 8 heteroatoms. The van der Waals surface area contributed by atoms with Crippen LogP contribution in [0.5, 0.6) is 5.75 Å². The van der Waals surface area contributed by atoms with Gasteiger partial charge in [0.15, 0.2) is 0 Å². The van der Waals surface area contributed by atoms with Crippen molar-refractivity contribution >= 4 is 11.7 Å². The van der Waals surface area contributed by atoms with Crippen molar-refractivity contribution in [1.29, 1.82) is 0 Å². The first-order chi connectivity index (χ1) is 11.2. The van der Waals surface area contributed by atoms with E-state index in [9.17, 15) is 23.1 Å². The maximum absolute atomic E-state index is 13.1. The quantitative estimate of drug-likeness (QED) is 0.764. The number of rotatable bonds is 5. The first-order valence-corrected chi connectivity index (χ1v) is 7.85. The van der Waals surface area contributed by atoms with E-state index in [-0.39, 0.29) is 24.6 Å². The average Bonchev–Trinajstić information content (AvgIpc) is 2.93. The summed E-state index contributed by atoms with van der Waals surface area (Å²) in [5.41, 5.74) is -2.31. The largest absolute Gasteiger partial charge is 0.494 e. The molecule has 0 unspecified atom stereocenters. The first-order valence-electron chi connectivity index (χ1n) is 7.85. The Kier molecular flexibility index (Phi) is 5.58. The van der Waals surface area contributed by atoms with Crippen LogP contribution in [0, 0.1) is 0 Å². The molecule has 0 aromatic heterocycles. The van der Waals surface area contributed by atoms with Gasteiger partial charge in [-0.1, -0.05) is 12.8 Å². The van der Waals surface area contributed by atoms with Crippen molar-refractivity contribution in [3.63, 3.8) is 0 Å². The average molecular weight is 346 g/mol. The lowest BCUT2D eigenvalue weighted by atomic mass is 10.0. The Morgan fingerprint density at radius 3 is 2.58 bits per heavy atom. The number of amides is 2. The Morgan fingerprint density at radius 2 is 2.00 bits per heavy atom. The molecular formula is C16H21F3N2O3. The molecule has 0 heterocycles. The molecule has 0 atom stereocenters. The van der Waals surface area contributed by atoms with E-state index in [2.05, 4.69) is 10.6 Å². The van der Waals surface area contributed by atoms with Crippen molar-refractivity contribution in [1.82, 2.24) is 5.32 Å². The molecule has 0 saturated heterocycles. The van der Waals surface area contributed by atoms with Crippen molar-refractivity contribution in [2.24, 2.45) is 0 Å². The van der Waals surface area contributed by atoms with Crippen molar-refractivity contribution in [3.8, 4) is 5.75 Å². The molecule has 134 valence electrons. The van der Waals surface area contributed by atoms with Crippen LogP contribution in [0.25, 0.3) is 0 Å². The van der Waals surface area contributed by atoms with E-state index >= 15 is 0 Å². The zero-order valence-electron chi connectivity index (χ0n) is 13.4. The molecule has 1 fully saturated rings. The number of carbonyl (C=O) groups excluding carboxylic acids is 1. The van der Waals surface area contributed by atoms with Crippen LogP contribution in [0.2, 0.25) is 0 Å². The van der Waals surface area contributed by atoms with Crippen LogP contribution in [0.3, 0.4) is 0 Å². The summed E-state index contributed by atoms with van der Waals surface area (Å²) in [6.45, 7) is 1.92. The third kappa shape index (κ3) is 4.77. The minimum atomic E-state index is -4.63. The van der Waals surface area contributed by atoms with Gasteiger partial charge in [0.2, 0.25) is 0 Å². The van der Waals surface area contributed by atoms with Gasteiger partial charge in [0.25, 0.3) is 0 Å². The molecule has 1 aromatic rings. The second-order valence-electron chi connectivity index (χ2n) is 5.88. The lowest BCUT2D eigenvalue weighted by molar-refractivity contribution is -0.137. The number of alkyl halides is 3. The van der Waals surface area contributed by atoms with E-state index < -0.39 is 23.4 Å². The van der Waals surface area contributed by atoms with Gasteiger partial charge in [-0.15, -0.1) is 0 Å². The molecule has 1 aliphatic rings. The summed E-state index contributed by atoms with van der Waals surface area (Å²) in [4.78, 5) is 11.9. The van der Waals surface area contributed by atoms with E-state index in [1.54, 1.807) is 6.92 Å². The van der Waals surface area contributed by atoms with Crippen LogP contribution in [0.15, 0.2) is 18.2 Å². The number of hydrogen-bond acceptors (Lipinski definition) is 3. The molecule has 24 heavy (non-hydrogen) atoms. The SMILES string of the molecule is CCOc1ccc(NC(=O)NCC2(O)CCCC2)c(C(F)(F)F)c1. The predicted molar refractivity (Wildman–Crippen MR) is 83.1 cm³/mol. The third-order valence-electron chi connectivity index (χ3n) is 3.97. The van der Waals surface area contributed by atoms with Crippen LogP contribution in [0.1, 0.15) is 38.2 Å². The fourth-order valence-electron chi connectivity index (χ4n) is 2.74. The third-order valence-corrected chi connectivity index (χ3v) is 3.97. The summed E-state index contributed by atoms with van der Waals surface area (Å²) in [6.07, 6.45) is -1.73. The summed E-state index contributed by atoms with van der Waals surface area (Å²) < 4.78 is 44.5. The van der Waals surface area contributed by atoms with Crippen LogP contribution in [-0.2, 0) is 6.18 Å². The number of hydrogen-bond donors (Lipinski definition) is 3. The first kappa shape index (κ1) is 18.4. The van der Waals surface area contributed by atoms with E-state index in [1.165, 1.54) is 6.07 Å². The second-order valence-corrected chi connectivity index (χ2v) is 5.88. The van der Waals surface area contributed by atoms with Gasteiger partial charge >= 0.3 is 12.2 Å². The minimum Gasteiger partial charge on any atom is -0.494 e. The zero-order chi connectivity index (χ0) is 17.8. The minimum absolute atomic E-state index is 0.0111. The Labute approximate surface area is 138 Å². The van der Waals surface area contributed by atoms with E-state index in [0.717, 1.165) is 25.0 Å². The highest BCUT2D eigenvalue weighted by molar-refractivity contribution is 5.90. The topological polar surface area (TPSA) is 70.6 Å². The molecule has 3 N–H and O–H groups in total. The van der Waals surface area contributed by atoms with Gasteiger partial charge in [0.05, 0.1) is 23.5 Å². The van der Waals surface area contributed by atoms with Gasteiger partial charge < -0.3 is 20.5 Å². The number of nitrogens with one attached hydrogen (secondary N) is 2. The number of benzene rings is 1. The maximum atomic E-state index is 13.1. The Balaban J connectivity index is 2.06. The molecule has 0 bridgehead atoms. The smallest absolute Gasteiger partial charge is 0.418 e. The van der Waals surface area contributed by atoms with Crippen LogP contribution >= 0.6 is 0 Å². The van der Waals surface area contributed by atoms with Crippen molar-refractivity contribution in [2.75, 3.05) is 18.5 Å². The predicted octanol–water partition coefficient (Wildman–Crippen LogP) is 3.53. The van der Waals surface area contributed by atoms with Crippen molar-refractivity contribution < 1.29 is 27.8 Å². The molecule has 0 radical (unpaired) electrons. The summed E-state index contributed by atoms with van der Waals surface area (Å²) in [5, 5.41) is 14.8. The summed E-state index contributed by atoms with van der Waals surface area (Å²) in [7, 11) is 0. The van der Waals surface area contributed by atoms with Gasteiger partial charge in [0, 0.05) is 6.54 Å². The number of halogens is 3. The lowest BCUT2D eigenvalue weighted by Crippen LogP contribution is -2.42. The van der Waals surface area contributed by atoms with Crippen LogP contribution in [0.4, 0.5) is 23.7 Å². The van der Waals surface area contributed by atoms with Crippen LogP contribution < -0.4 is 15.4 Å². The van der Waals surface area contributed by atoms with Gasteiger partial charge in [-0.2, -0.15) is 13.2 Å². The second kappa shape index (κ2) is 7.29. The molecule has 0 aliphatic heterocycles. The Hall–Kier alpha value is -1.96. The fraction of sp³-hybridized carbons (Fsp3) is 0.562. The highest BCUT2D eigenvalue weighted by Gasteiger charge is 2.35. The van der Waals surface area contributed by atoms with Gasteiger partial charge in [-0.05, 0) is 38.0 Å². The van der Waals surface area contributed by atoms with E-state index in [1.807, 2.05) is 0 Å². The number of carbonyl (C=O) groups is 1. The Bertz CT molecular complexity index is 584. The standard InChI is InChI=1S/C16H21F3N2O3/c1-2-24-11-5-6-13(12(9-11)16(17,18)19)21-14(22)20-10-15(23)7-3-4-8-15/h5-6,9,23H,2-4,7-8,10H2,1H3,(H2,20,21,22). The van der Waals surface area contributed by atoms with Gasteiger partial charge in [0.1, 0.15) is 5.75 Å². The molecule has 1 aromatic carbocycles. The summed E-state index contributed by atoms with van der Waals surface area (Å²) in [5.74, 6) is 0.0797. The fourth-order valence-corrected chi connectivity index (χ4v) is 2.74. The molecule has 1 aliphatic carbocycles. The number of aliphatic hydroxyl groups is 1. The molecule has 5 nitrogen and oxygen atoms in total. The molecular weight excluding hydrogens is 325 g/mol. The molecule has 0 spiro atoms. The summed E-state index contributed by atoms with van der Waals surface area (Å²) >= 11 is 0. The van der Waals surface area contributed by atoms with E-state index in [4.69, 9.17) is 4.74 Å². The molecule has 2 rings (SSSR count). The Morgan fingerprint density at radius 1 is 1.33 bits per heavy atom. The normalized spacial score (nSPS) is 16.7. The lowest BCUT2D eigenvalue weighted by Gasteiger charge is -2.23. The monoisotopic (exact) mass is 346 g/mol. The summed E-state index contributed by atoms with van der Waals surface area (Å²) in [6, 6.07) is 2.57. The number of anilines is 1. The number of urea groups is 1. The van der Waals surface area contributed by atoms with Crippen molar-refractivity contribution in [3.05, 3.63) is 23.8 Å². The zero-order valence-corrected chi connectivity index (χ0v) is 13.4. The van der Waals surface area contributed by atoms with E-state index in [0.29, 0.717) is 12.8 Å². The highest BCUT2D eigenvalue weighted by Crippen LogP contribution is 2.37. The van der Waals surface area contributed by atoms with Crippen LogP contribution in [-0.4, -0.2) is 29.9 Å². The highest BCUT2D eigenvalue weighted by atomic mass is 19.4. The molecule has 2 amide bonds. The number of ether oxygens (including phenoxy) is 1.